The van der Waals surface area contributed by atoms with Crippen molar-refractivity contribution in [1.82, 2.24) is 10.2 Å². The van der Waals surface area contributed by atoms with Gasteiger partial charge in [0.1, 0.15) is 11.5 Å². The number of rotatable bonds is 17. The number of carbonyl (C=O) groups excluding carboxylic acids is 2. The Morgan fingerprint density at radius 2 is 1.11 bits per heavy atom. The molecule has 9 heteroatoms. The molecule has 2 aromatic carbocycles. The first-order chi connectivity index (χ1) is 31.8. The molecule has 8 rings (SSSR count). The number of halogens is 1. The summed E-state index contributed by atoms with van der Waals surface area (Å²) in [4.78, 5) is 24.6. The first-order valence-electron chi connectivity index (χ1n) is 26.0. The van der Waals surface area contributed by atoms with E-state index in [1.54, 1.807) is 0 Å². The van der Waals surface area contributed by atoms with E-state index in [0.29, 0.717) is 49.1 Å². The van der Waals surface area contributed by atoms with E-state index in [1.807, 2.05) is 13.8 Å². The Hall–Kier alpha value is -3.14. The van der Waals surface area contributed by atoms with Gasteiger partial charge < -0.3 is 24.3 Å². The number of benzene rings is 2. The van der Waals surface area contributed by atoms with Crippen molar-refractivity contribution in [2.75, 3.05) is 51.3 Å². The minimum Gasteiger partial charge on any atom is -0.490 e. The van der Waals surface area contributed by atoms with Gasteiger partial charge in [0.05, 0.1) is 25.4 Å². The van der Waals surface area contributed by atoms with Crippen LogP contribution in [0.3, 0.4) is 0 Å². The second kappa shape index (κ2) is 27.6. The first-order valence-corrected chi connectivity index (χ1v) is 27.1. The molecular formula is C56H83BrN2O6. The molecule has 0 amide bonds. The summed E-state index contributed by atoms with van der Waals surface area (Å²) >= 11 is 3.29. The van der Waals surface area contributed by atoms with Gasteiger partial charge in [-0.15, -0.1) is 0 Å². The average molecular weight is 960 g/mol. The maximum absolute atomic E-state index is 11.4. The molecular weight excluding hydrogens is 877 g/mol. The summed E-state index contributed by atoms with van der Waals surface area (Å²) in [6, 6.07) is 17.6. The molecule has 0 aromatic heterocycles. The van der Waals surface area contributed by atoms with E-state index in [1.165, 1.54) is 125 Å². The third kappa shape index (κ3) is 17.2. The number of ether oxygens (including phenoxy) is 4. The molecule has 4 fully saturated rings. The zero-order valence-electron chi connectivity index (χ0n) is 40.3. The second-order valence-corrected chi connectivity index (χ2v) is 20.6. The largest absolute Gasteiger partial charge is 0.490 e. The Morgan fingerprint density at radius 1 is 0.631 bits per heavy atom. The van der Waals surface area contributed by atoms with Crippen LogP contribution in [-0.2, 0) is 19.1 Å². The molecule has 0 bridgehead atoms. The van der Waals surface area contributed by atoms with E-state index >= 15 is 0 Å². The van der Waals surface area contributed by atoms with Gasteiger partial charge in [-0.05, 0) is 200 Å². The first kappa shape index (κ1) is 51.3. The topological polar surface area (TPSA) is 86.3 Å². The third-order valence-corrected chi connectivity index (χ3v) is 15.8. The standard InChI is InChI=1S/C28H41NO3.C21H29NO.C7H13BrO2/c1-2-31-27(30)7-3-6-20-29-21-14-24(15-22-29)23-8-10-25(11-9-23)32-26-12-18-28(19-13-26)16-4-5-17-28;1-2-12-21(11-1)13-7-20(8-14-21)23-19-5-3-17(4-6-19)18-9-15-22-16-10-18;1-2-10-7(9)5-3-4-6-8/h8-11,14,26H,2-7,12-13,15-22H2,1H3;3-6,9,20,22H,1-2,7-8,10-16H2;2-6H2,1H3. The number of nitrogens with one attached hydrogen (secondary N) is 1. The number of unbranched alkanes of at least 4 members (excludes halogenated alkanes) is 2. The Labute approximate surface area is 401 Å². The maximum atomic E-state index is 11.4. The van der Waals surface area contributed by atoms with Crippen molar-refractivity contribution in [3.8, 4) is 11.5 Å². The Morgan fingerprint density at radius 3 is 1.52 bits per heavy atom. The predicted molar refractivity (Wildman–Crippen MR) is 270 cm³/mol. The highest BCUT2D eigenvalue weighted by Gasteiger charge is 2.39. The number of carbonyl (C=O) groups is 2. The van der Waals surface area contributed by atoms with Crippen molar-refractivity contribution < 1.29 is 28.5 Å². The number of alkyl halides is 1. The van der Waals surface area contributed by atoms with E-state index in [0.717, 1.165) is 88.1 Å². The lowest BCUT2D eigenvalue weighted by Crippen LogP contribution is -2.30. The molecule has 360 valence electrons. The summed E-state index contributed by atoms with van der Waals surface area (Å²) in [5.74, 6) is 1.93. The monoisotopic (exact) mass is 959 g/mol. The molecule has 0 radical (unpaired) electrons. The highest BCUT2D eigenvalue weighted by Crippen LogP contribution is 2.50. The van der Waals surface area contributed by atoms with Crippen LogP contribution < -0.4 is 14.8 Å². The van der Waals surface area contributed by atoms with Gasteiger partial charge in [0.15, 0.2) is 0 Å². The van der Waals surface area contributed by atoms with Crippen LogP contribution in [0.2, 0.25) is 0 Å². The van der Waals surface area contributed by atoms with Gasteiger partial charge in [-0.1, -0.05) is 78.0 Å². The normalized spacial score (nSPS) is 21.6. The number of hydrogen-bond acceptors (Lipinski definition) is 8. The summed E-state index contributed by atoms with van der Waals surface area (Å²) < 4.78 is 22.3. The molecule has 0 unspecified atom stereocenters. The molecule has 2 aromatic rings. The molecule has 4 saturated carbocycles. The van der Waals surface area contributed by atoms with Crippen molar-refractivity contribution in [2.24, 2.45) is 10.8 Å². The fraction of sp³-hybridized carbons (Fsp3) is 0.679. The van der Waals surface area contributed by atoms with Gasteiger partial charge in [0, 0.05) is 37.8 Å². The van der Waals surface area contributed by atoms with E-state index in [9.17, 15) is 9.59 Å². The van der Waals surface area contributed by atoms with Gasteiger partial charge in [-0.3, -0.25) is 14.5 Å². The minimum atomic E-state index is -0.0801. The molecule has 2 aliphatic heterocycles. The third-order valence-electron chi connectivity index (χ3n) is 15.2. The molecule has 2 spiro atoms. The van der Waals surface area contributed by atoms with Crippen LogP contribution in [0.15, 0.2) is 60.7 Å². The summed E-state index contributed by atoms with van der Waals surface area (Å²) in [7, 11) is 0. The highest BCUT2D eigenvalue weighted by atomic mass is 79.9. The smallest absolute Gasteiger partial charge is 0.305 e. The zero-order chi connectivity index (χ0) is 45.6. The molecule has 1 N–H and O–H groups in total. The Kier molecular flexibility index (Phi) is 21.8. The van der Waals surface area contributed by atoms with Crippen LogP contribution in [0.25, 0.3) is 11.1 Å². The molecule has 0 atom stereocenters. The lowest BCUT2D eigenvalue weighted by atomic mass is 9.72. The van der Waals surface area contributed by atoms with Crippen LogP contribution >= 0.6 is 15.9 Å². The van der Waals surface area contributed by atoms with Crippen LogP contribution in [0, 0.1) is 10.8 Å². The lowest BCUT2D eigenvalue weighted by Gasteiger charge is -2.37. The Balaban J connectivity index is 0.000000184. The highest BCUT2D eigenvalue weighted by molar-refractivity contribution is 9.09. The van der Waals surface area contributed by atoms with Gasteiger partial charge in [-0.25, -0.2) is 0 Å². The van der Waals surface area contributed by atoms with Crippen LogP contribution in [0.1, 0.15) is 179 Å². The molecule has 65 heavy (non-hydrogen) atoms. The van der Waals surface area contributed by atoms with Crippen LogP contribution in [0.4, 0.5) is 0 Å². The summed E-state index contributed by atoms with van der Waals surface area (Å²) in [6.45, 7) is 9.88. The van der Waals surface area contributed by atoms with E-state index in [4.69, 9.17) is 18.9 Å². The van der Waals surface area contributed by atoms with Crippen molar-refractivity contribution in [2.45, 2.75) is 180 Å². The molecule has 8 nitrogen and oxygen atoms in total. The van der Waals surface area contributed by atoms with E-state index in [2.05, 4.69) is 86.8 Å². The minimum absolute atomic E-state index is 0.0676. The molecule has 0 saturated heterocycles. The SMILES string of the molecule is C1=C(c2ccc(OC3CCC4(CCCC4)CC3)cc2)CCNC1.CCOC(=O)CCCCBr.CCOC(=O)CCCCN1CC=C(c2ccc(OC3CCC4(CCCC4)CC3)cc2)CC1. The quantitative estimate of drug-likeness (QED) is 0.0953. The lowest BCUT2D eigenvalue weighted by molar-refractivity contribution is -0.144. The van der Waals surface area contributed by atoms with E-state index in [-0.39, 0.29) is 11.9 Å². The average Bonchev–Trinajstić information content (AvgIpc) is 4.01. The van der Waals surface area contributed by atoms with Crippen molar-refractivity contribution in [3.05, 3.63) is 71.8 Å². The fourth-order valence-corrected chi connectivity index (χ4v) is 11.7. The predicted octanol–water partition coefficient (Wildman–Crippen LogP) is 13.5. The van der Waals surface area contributed by atoms with Gasteiger partial charge in [-0.2, -0.15) is 0 Å². The maximum Gasteiger partial charge on any atom is 0.305 e. The molecule has 4 aliphatic carbocycles. The zero-order valence-corrected chi connectivity index (χ0v) is 41.9. The number of nitrogens with zero attached hydrogens (tertiary/aromatic N) is 1. The molecule has 2 heterocycles. The van der Waals surface area contributed by atoms with Crippen molar-refractivity contribution >= 4 is 39.0 Å². The van der Waals surface area contributed by atoms with Gasteiger partial charge in [0.2, 0.25) is 0 Å². The Bertz CT molecular complexity index is 1740. The van der Waals surface area contributed by atoms with Crippen LogP contribution in [-0.4, -0.2) is 80.3 Å². The fourth-order valence-electron chi connectivity index (χ4n) is 11.3. The summed E-state index contributed by atoms with van der Waals surface area (Å²) in [5.41, 5.74) is 6.97. The number of esters is 2. The van der Waals surface area contributed by atoms with E-state index < -0.39 is 0 Å². The summed E-state index contributed by atoms with van der Waals surface area (Å²) in [6.07, 6.45) is 34.8. The second-order valence-electron chi connectivity index (χ2n) is 19.8. The van der Waals surface area contributed by atoms with Gasteiger partial charge >= 0.3 is 11.9 Å². The van der Waals surface area contributed by atoms with Crippen molar-refractivity contribution in [1.29, 1.82) is 0 Å². The molecule has 6 aliphatic rings. The van der Waals surface area contributed by atoms with Gasteiger partial charge in [0.25, 0.3) is 0 Å². The van der Waals surface area contributed by atoms with Crippen LogP contribution in [0.5, 0.6) is 11.5 Å². The van der Waals surface area contributed by atoms with Crippen molar-refractivity contribution in [3.63, 3.8) is 0 Å². The number of hydrogen-bond donors (Lipinski definition) is 1. The summed E-state index contributed by atoms with van der Waals surface area (Å²) in [5, 5.41) is 4.33.